The first-order chi connectivity index (χ1) is 8.86. The molecule has 0 aliphatic carbocycles. The van der Waals surface area contributed by atoms with Gasteiger partial charge >= 0.3 is 0 Å². The molecule has 5 heteroatoms. The topological polar surface area (TPSA) is 61.3 Å². The van der Waals surface area contributed by atoms with Crippen LogP contribution in [0.3, 0.4) is 0 Å². The van der Waals surface area contributed by atoms with Gasteiger partial charge in [0.15, 0.2) is 5.76 Å². The van der Waals surface area contributed by atoms with Crippen LogP contribution in [0.4, 0.5) is 0 Å². The number of hydrogen-bond donors (Lipinski definition) is 0. The summed E-state index contributed by atoms with van der Waals surface area (Å²) < 4.78 is 15.5. The van der Waals surface area contributed by atoms with Crippen molar-refractivity contribution in [3.05, 3.63) is 42.7 Å². The maximum Gasteiger partial charge on any atom is 0.258 e. The highest BCUT2D eigenvalue weighted by Gasteiger charge is 2.12. The van der Waals surface area contributed by atoms with Gasteiger partial charge in [-0.05, 0) is 30.3 Å². The summed E-state index contributed by atoms with van der Waals surface area (Å²) in [4.78, 5) is 4.27. The zero-order chi connectivity index (χ0) is 12.4. The van der Waals surface area contributed by atoms with Gasteiger partial charge in [-0.15, -0.1) is 0 Å². The lowest BCUT2D eigenvalue weighted by Crippen LogP contribution is -1.83. The number of ether oxygens (including phenoxy) is 1. The van der Waals surface area contributed by atoms with E-state index in [1.165, 1.54) is 0 Å². The minimum atomic E-state index is 0.429. The molecule has 0 saturated heterocycles. The van der Waals surface area contributed by atoms with Crippen molar-refractivity contribution in [2.75, 3.05) is 7.11 Å². The van der Waals surface area contributed by atoms with Crippen LogP contribution < -0.4 is 4.74 Å². The highest BCUT2D eigenvalue weighted by molar-refractivity contribution is 5.58. The Bertz CT molecular complexity index is 644. The lowest BCUT2D eigenvalue weighted by atomic mass is 10.2. The van der Waals surface area contributed by atoms with Crippen molar-refractivity contribution >= 4 is 0 Å². The van der Waals surface area contributed by atoms with E-state index in [1.807, 2.05) is 24.3 Å². The third kappa shape index (κ3) is 1.86. The van der Waals surface area contributed by atoms with Crippen LogP contribution in [0.1, 0.15) is 0 Å². The second-order valence-corrected chi connectivity index (χ2v) is 3.63. The van der Waals surface area contributed by atoms with Crippen molar-refractivity contribution in [1.82, 2.24) is 10.1 Å². The standard InChI is InChI=1S/C13H10N2O3/c1-16-10-5-2-4-9(8-10)13-14-12(15-18-13)11-6-3-7-17-11/h2-8H,1H3. The average molecular weight is 242 g/mol. The molecule has 0 spiro atoms. The maximum absolute atomic E-state index is 5.20. The summed E-state index contributed by atoms with van der Waals surface area (Å²) >= 11 is 0. The fourth-order valence-corrected chi connectivity index (χ4v) is 1.60. The molecule has 0 amide bonds. The van der Waals surface area contributed by atoms with Crippen molar-refractivity contribution in [3.63, 3.8) is 0 Å². The van der Waals surface area contributed by atoms with Crippen LogP contribution in [0, 0.1) is 0 Å². The Hall–Kier alpha value is -2.56. The van der Waals surface area contributed by atoms with Crippen LogP contribution in [0.5, 0.6) is 5.75 Å². The van der Waals surface area contributed by atoms with Crippen molar-refractivity contribution < 1.29 is 13.7 Å². The van der Waals surface area contributed by atoms with E-state index < -0.39 is 0 Å². The number of benzene rings is 1. The molecule has 2 heterocycles. The summed E-state index contributed by atoms with van der Waals surface area (Å²) in [6.07, 6.45) is 1.57. The molecule has 0 aliphatic rings. The van der Waals surface area contributed by atoms with Crippen LogP contribution in [0.15, 0.2) is 51.6 Å². The van der Waals surface area contributed by atoms with E-state index in [0.717, 1.165) is 11.3 Å². The molecule has 2 aromatic heterocycles. The van der Waals surface area contributed by atoms with E-state index in [4.69, 9.17) is 13.7 Å². The van der Waals surface area contributed by atoms with Gasteiger partial charge in [0, 0.05) is 5.56 Å². The van der Waals surface area contributed by atoms with Crippen LogP contribution in [-0.4, -0.2) is 17.3 Å². The molecule has 0 saturated carbocycles. The van der Waals surface area contributed by atoms with Gasteiger partial charge in [-0.2, -0.15) is 4.98 Å². The molecule has 0 unspecified atom stereocenters. The first kappa shape index (κ1) is 10.6. The number of methoxy groups -OCH3 is 1. The number of nitrogens with zero attached hydrogens (tertiary/aromatic N) is 2. The monoisotopic (exact) mass is 242 g/mol. The Balaban J connectivity index is 1.97. The van der Waals surface area contributed by atoms with Crippen LogP contribution in [-0.2, 0) is 0 Å². The van der Waals surface area contributed by atoms with Crippen molar-refractivity contribution in [1.29, 1.82) is 0 Å². The largest absolute Gasteiger partial charge is 0.497 e. The Morgan fingerprint density at radius 2 is 2.11 bits per heavy atom. The molecule has 0 fully saturated rings. The molecule has 0 N–H and O–H groups in total. The highest BCUT2D eigenvalue weighted by Crippen LogP contribution is 2.25. The number of furan rings is 1. The van der Waals surface area contributed by atoms with Crippen LogP contribution in [0.25, 0.3) is 23.0 Å². The quantitative estimate of drug-likeness (QED) is 0.706. The summed E-state index contributed by atoms with van der Waals surface area (Å²) in [5, 5.41) is 3.87. The van der Waals surface area contributed by atoms with E-state index in [9.17, 15) is 0 Å². The Morgan fingerprint density at radius 3 is 2.89 bits per heavy atom. The average Bonchev–Trinajstić information content (AvgIpc) is 3.09. The van der Waals surface area contributed by atoms with Crippen LogP contribution in [0.2, 0.25) is 0 Å². The van der Waals surface area contributed by atoms with E-state index in [1.54, 1.807) is 25.5 Å². The van der Waals surface area contributed by atoms with Gasteiger partial charge in [-0.25, -0.2) is 0 Å². The van der Waals surface area contributed by atoms with E-state index in [-0.39, 0.29) is 0 Å². The molecule has 0 bridgehead atoms. The van der Waals surface area contributed by atoms with E-state index in [2.05, 4.69) is 10.1 Å². The van der Waals surface area contributed by atoms with Gasteiger partial charge in [-0.1, -0.05) is 11.2 Å². The summed E-state index contributed by atoms with van der Waals surface area (Å²) in [6, 6.07) is 11.0. The molecule has 3 aromatic rings. The van der Waals surface area contributed by atoms with Crippen molar-refractivity contribution in [3.8, 4) is 28.8 Å². The van der Waals surface area contributed by atoms with Crippen LogP contribution >= 0.6 is 0 Å². The van der Waals surface area contributed by atoms with Crippen molar-refractivity contribution in [2.45, 2.75) is 0 Å². The lowest BCUT2D eigenvalue weighted by molar-refractivity contribution is 0.413. The second kappa shape index (κ2) is 4.37. The maximum atomic E-state index is 5.20. The number of rotatable bonds is 3. The van der Waals surface area contributed by atoms with Gasteiger partial charge < -0.3 is 13.7 Å². The third-order valence-electron chi connectivity index (χ3n) is 2.48. The first-order valence-electron chi connectivity index (χ1n) is 5.39. The molecule has 3 rings (SSSR count). The first-order valence-corrected chi connectivity index (χ1v) is 5.39. The Labute approximate surface area is 103 Å². The molecule has 18 heavy (non-hydrogen) atoms. The predicted octanol–water partition coefficient (Wildman–Crippen LogP) is 3.01. The minimum Gasteiger partial charge on any atom is -0.497 e. The molecular formula is C13H10N2O3. The molecule has 90 valence electrons. The van der Waals surface area contributed by atoms with Crippen molar-refractivity contribution in [2.24, 2.45) is 0 Å². The highest BCUT2D eigenvalue weighted by atomic mass is 16.5. The van der Waals surface area contributed by atoms with Gasteiger partial charge in [0.25, 0.3) is 5.89 Å². The fraction of sp³-hybridized carbons (Fsp3) is 0.0769. The zero-order valence-corrected chi connectivity index (χ0v) is 9.66. The molecule has 5 nitrogen and oxygen atoms in total. The SMILES string of the molecule is COc1cccc(-c2nc(-c3ccco3)no2)c1. The molecule has 0 atom stereocenters. The number of aromatic nitrogens is 2. The molecular weight excluding hydrogens is 232 g/mol. The van der Waals surface area contributed by atoms with E-state index in [0.29, 0.717) is 17.5 Å². The fourth-order valence-electron chi connectivity index (χ4n) is 1.60. The van der Waals surface area contributed by atoms with Gasteiger partial charge in [0.1, 0.15) is 5.75 Å². The van der Waals surface area contributed by atoms with Gasteiger partial charge in [-0.3, -0.25) is 0 Å². The summed E-state index contributed by atoms with van der Waals surface area (Å²) in [7, 11) is 1.61. The molecule has 0 radical (unpaired) electrons. The summed E-state index contributed by atoms with van der Waals surface area (Å²) in [6.45, 7) is 0. The number of hydrogen-bond acceptors (Lipinski definition) is 5. The van der Waals surface area contributed by atoms with E-state index >= 15 is 0 Å². The zero-order valence-electron chi connectivity index (χ0n) is 9.66. The summed E-state index contributed by atoms with van der Waals surface area (Å²) in [5.74, 6) is 2.18. The molecule has 1 aromatic carbocycles. The molecule has 0 aliphatic heterocycles. The van der Waals surface area contributed by atoms with Gasteiger partial charge in [0.05, 0.1) is 13.4 Å². The normalized spacial score (nSPS) is 10.5. The summed E-state index contributed by atoms with van der Waals surface area (Å²) in [5.41, 5.74) is 0.805. The smallest absolute Gasteiger partial charge is 0.258 e. The second-order valence-electron chi connectivity index (χ2n) is 3.63. The Morgan fingerprint density at radius 1 is 1.17 bits per heavy atom. The minimum absolute atomic E-state index is 0.429. The van der Waals surface area contributed by atoms with Gasteiger partial charge in [0.2, 0.25) is 5.82 Å². The Kier molecular flexibility index (Phi) is 2.57. The third-order valence-corrected chi connectivity index (χ3v) is 2.48. The lowest BCUT2D eigenvalue weighted by Gasteiger charge is -1.99. The predicted molar refractivity (Wildman–Crippen MR) is 64.0 cm³/mol.